The molecule has 4 aromatic rings. The number of amides is 2. The molecule has 332 valence electrons. The number of rotatable bonds is 10. The predicted octanol–water partition coefficient (Wildman–Crippen LogP) is 5.81. The molecular weight excluding hydrogens is 931 g/mol. The summed E-state index contributed by atoms with van der Waals surface area (Å²) < 4.78 is 80.9. The quantitative estimate of drug-likeness (QED) is 0.0714. The molecule has 0 saturated carbocycles. The Morgan fingerprint density at radius 2 is 1.03 bits per heavy atom. The van der Waals surface area contributed by atoms with Crippen LogP contribution in [0.1, 0.15) is 46.4 Å². The molecule has 0 unspecified atom stereocenters. The molecule has 0 spiro atoms. The van der Waals surface area contributed by atoms with Gasteiger partial charge in [-0.3, -0.25) is 29.8 Å². The minimum absolute atomic E-state index is 0.00123. The number of aliphatic hydroxyl groups is 2. The van der Waals surface area contributed by atoms with E-state index in [1.54, 1.807) is 0 Å². The molecule has 19 nitrogen and oxygen atoms in total. The highest BCUT2D eigenvalue weighted by Crippen LogP contribution is 2.37. The van der Waals surface area contributed by atoms with E-state index in [1.165, 1.54) is 12.1 Å². The fourth-order valence-corrected chi connectivity index (χ4v) is 10.2. The van der Waals surface area contributed by atoms with E-state index < -0.39 is 97.4 Å². The molecule has 6 rings (SSSR count). The summed E-state index contributed by atoms with van der Waals surface area (Å²) in [6.45, 7) is -0.00125. The van der Waals surface area contributed by atoms with Crippen molar-refractivity contribution in [2.24, 2.45) is 0 Å². The van der Waals surface area contributed by atoms with Crippen LogP contribution in [0.2, 0.25) is 15.1 Å². The number of nitrogens with two attached hydrogens (primary N) is 1. The van der Waals surface area contributed by atoms with Crippen molar-refractivity contribution in [3.8, 4) is 0 Å². The number of nitrogens with one attached hydrogen (secondary N) is 2. The molecule has 62 heavy (non-hydrogen) atoms. The molecular formula is C36H34Cl3F2N7O12S2. The van der Waals surface area contributed by atoms with E-state index in [0.29, 0.717) is 0 Å². The van der Waals surface area contributed by atoms with E-state index >= 15 is 0 Å². The third-order valence-corrected chi connectivity index (χ3v) is 14.4. The van der Waals surface area contributed by atoms with Gasteiger partial charge < -0.3 is 26.6 Å². The van der Waals surface area contributed by atoms with Crippen molar-refractivity contribution in [1.82, 2.24) is 8.61 Å². The Kier molecular flexibility index (Phi) is 15.1. The second-order valence-corrected chi connectivity index (χ2v) is 18.7. The number of nitro groups is 2. The fourth-order valence-electron chi connectivity index (χ4n) is 6.14. The van der Waals surface area contributed by atoms with Gasteiger partial charge in [0.25, 0.3) is 23.2 Å². The summed E-state index contributed by atoms with van der Waals surface area (Å²) in [6.07, 6.45) is -0.484. The zero-order valence-electron chi connectivity index (χ0n) is 31.6. The molecule has 2 amide bonds. The smallest absolute Gasteiger partial charge is 0.294 e. The van der Waals surface area contributed by atoms with Gasteiger partial charge in [-0.2, -0.15) is 8.61 Å². The van der Waals surface area contributed by atoms with Crippen LogP contribution in [0.15, 0.2) is 70.5 Å². The number of piperidine rings is 2. The van der Waals surface area contributed by atoms with Crippen LogP contribution >= 0.6 is 34.8 Å². The van der Waals surface area contributed by atoms with Crippen LogP contribution in [0, 0.1) is 31.9 Å². The normalized spacial score (nSPS) is 15.6. The lowest BCUT2D eigenvalue weighted by molar-refractivity contribution is -0.385. The zero-order valence-corrected chi connectivity index (χ0v) is 35.5. The Hall–Kier alpha value is -5.11. The van der Waals surface area contributed by atoms with E-state index in [4.69, 9.17) is 40.5 Å². The van der Waals surface area contributed by atoms with Crippen molar-refractivity contribution in [2.75, 3.05) is 42.5 Å². The molecule has 0 aromatic heterocycles. The van der Waals surface area contributed by atoms with Crippen LogP contribution < -0.4 is 16.4 Å². The highest BCUT2D eigenvalue weighted by atomic mass is 35.5. The maximum Gasteiger partial charge on any atom is 0.294 e. The van der Waals surface area contributed by atoms with Gasteiger partial charge in [0.15, 0.2) is 0 Å². The maximum atomic E-state index is 13.3. The number of aliphatic hydroxyl groups excluding tert-OH is 2. The number of hydrogen-bond acceptors (Lipinski definition) is 13. The number of carbonyl (C=O) groups is 2. The van der Waals surface area contributed by atoms with E-state index in [-0.39, 0.29) is 84.4 Å². The summed E-state index contributed by atoms with van der Waals surface area (Å²) in [5, 5.41) is 45.7. The van der Waals surface area contributed by atoms with E-state index in [9.17, 15) is 65.6 Å². The van der Waals surface area contributed by atoms with Crippen LogP contribution in [0.4, 0.5) is 37.2 Å². The van der Waals surface area contributed by atoms with Crippen molar-refractivity contribution in [3.63, 3.8) is 0 Å². The molecule has 6 N–H and O–H groups in total. The topological polar surface area (TPSA) is 286 Å². The minimum atomic E-state index is -4.28. The number of carbonyl (C=O) groups excluding carboxylic acids is 2. The molecule has 26 heteroatoms. The van der Waals surface area contributed by atoms with Gasteiger partial charge in [-0.25, -0.2) is 25.6 Å². The van der Waals surface area contributed by atoms with Crippen molar-refractivity contribution >= 4 is 95.1 Å². The highest BCUT2D eigenvalue weighted by molar-refractivity contribution is 7.89. The number of nitrogen functional groups attached to an aromatic ring is 1. The van der Waals surface area contributed by atoms with Gasteiger partial charge in [0.2, 0.25) is 20.0 Å². The first-order valence-corrected chi connectivity index (χ1v) is 22.0. The number of nitrogens with zero attached hydrogens (tertiary/aromatic N) is 4. The Labute approximate surface area is 366 Å². The van der Waals surface area contributed by atoms with E-state index in [2.05, 4.69) is 10.6 Å². The lowest BCUT2D eigenvalue weighted by Gasteiger charge is -2.29. The third kappa shape index (κ3) is 10.9. The summed E-state index contributed by atoms with van der Waals surface area (Å²) >= 11 is 17.4. The van der Waals surface area contributed by atoms with Crippen molar-refractivity contribution < 1.29 is 55.3 Å². The number of sulfonamides is 2. The summed E-state index contributed by atoms with van der Waals surface area (Å²) in [5.74, 6) is -3.17. The molecule has 2 fully saturated rings. The minimum Gasteiger partial charge on any atom is -0.393 e. The molecule has 0 bridgehead atoms. The van der Waals surface area contributed by atoms with E-state index in [0.717, 1.165) is 57.1 Å². The summed E-state index contributed by atoms with van der Waals surface area (Å²) in [5.41, 5.74) is 3.19. The Morgan fingerprint density at radius 1 is 0.661 bits per heavy atom. The average molecular weight is 965 g/mol. The standard InChI is InChI=1S/C18H16Cl2FN3O6S.C18H18ClFN4O6S/c19-13-9-11(1-2-14(13)21)22-18(26)10-7-15(24(27)28)17(20)16(8-10)31(29,30)23-5-3-12(25)4-6-23;19-13-9-11(1-2-14(13)20)22-18(26)10-7-15(24(27)28)17(21)16(8-10)31(29,30)23-5-3-12(25)4-6-23/h1-2,7-9,12,25H,3-6H2,(H,22,26);1-2,7-9,12,25H,3-6,21H2,(H,22,26). The van der Waals surface area contributed by atoms with E-state index in [1.807, 2.05) is 0 Å². The molecule has 2 aliphatic heterocycles. The van der Waals surface area contributed by atoms with Crippen molar-refractivity contribution in [2.45, 2.75) is 47.7 Å². The third-order valence-electron chi connectivity index (χ3n) is 9.50. The van der Waals surface area contributed by atoms with Gasteiger partial charge in [0, 0.05) is 60.8 Å². The first kappa shape index (κ1) is 47.9. The average Bonchev–Trinajstić information content (AvgIpc) is 3.21. The van der Waals surface area contributed by atoms with Crippen LogP contribution in [0.25, 0.3) is 0 Å². The van der Waals surface area contributed by atoms with Gasteiger partial charge in [-0.15, -0.1) is 0 Å². The number of hydrogen-bond donors (Lipinski definition) is 5. The van der Waals surface area contributed by atoms with Crippen LogP contribution in [0.5, 0.6) is 0 Å². The van der Waals surface area contributed by atoms with Gasteiger partial charge in [0.1, 0.15) is 32.1 Å². The van der Waals surface area contributed by atoms with Crippen LogP contribution in [-0.4, -0.2) is 95.7 Å². The second kappa shape index (κ2) is 19.5. The Balaban J connectivity index is 0.000000234. The monoisotopic (exact) mass is 963 g/mol. The fraction of sp³-hybridized carbons (Fsp3) is 0.278. The number of nitro benzene ring substituents is 2. The molecule has 4 aromatic carbocycles. The molecule has 0 aliphatic carbocycles. The summed E-state index contributed by atoms with van der Waals surface area (Å²) in [6, 6.07) is 10.3. The summed E-state index contributed by atoms with van der Waals surface area (Å²) in [7, 11) is -8.55. The molecule has 0 radical (unpaired) electrons. The first-order valence-electron chi connectivity index (χ1n) is 18.0. The second-order valence-electron chi connectivity index (χ2n) is 13.7. The Bertz CT molecular complexity index is 2490. The predicted molar refractivity (Wildman–Crippen MR) is 222 cm³/mol. The Morgan fingerprint density at radius 3 is 1.42 bits per heavy atom. The maximum absolute atomic E-state index is 13.3. The molecule has 0 atom stereocenters. The number of halogens is 5. The number of benzene rings is 4. The lowest BCUT2D eigenvalue weighted by Crippen LogP contribution is -2.40. The number of anilines is 3. The summed E-state index contributed by atoms with van der Waals surface area (Å²) in [4.78, 5) is 45.2. The largest absolute Gasteiger partial charge is 0.393 e. The lowest BCUT2D eigenvalue weighted by atomic mass is 10.1. The SMILES string of the molecule is Nc1c([N+](=O)[O-])cc(C(=O)Nc2ccc(F)c(Cl)c2)cc1S(=O)(=O)N1CCC(O)CC1.O=C(Nc1ccc(F)c(Cl)c1)c1cc([N+](=O)[O-])c(Cl)c(S(=O)(=O)N2CCC(O)CC2)c1. The van der Waals surface area contributed by atoms with Crippen LogP contribution in [0.3, 0.4) is 0 Å². The zero-order chi connectivity index (χ0) is 45.8. The molecule has 2 saturated heterocycles. The van der Waals surface area contributed by atoms with Crippen molar-refractivity contribution in [3.05, 3.63) is 119 Å². The molecule has 2 aliphatic rings. The first-order chi connectivity index (χ1) is 29.0. The van der Waals surface area contributed by atoms with Gasteiger partial charge in [-0.1, -0.05) is 34.8 Å². The van der Waals surface area contributed by atoms with Crippen molar-refractivity contribution in [1.29, 1.82) is 0 Å². The molecule has 2 heterocycles. The van der Waals surface area contributed by atoms with Gasteiger partial charge >= 0.3 is 0 Å². The van der Waals surface area contributed by atoms with Crippen LogP contribution in [-0.2, 0) is 20.0 Å². The highest BCUT2D eigenvalue weighted by Gasteiger charge is 2.36. The van der Waals surface area contributed by atoms with Gasteiger partial charge in [-0.05, 0) is 74.2 Å². The van der Waals surface area contributed by atoms with Gasteiger partial charge in [0.05, 0.1) is 32.1 Å².